The Labute approximate surface area is 643 Å². The first-order valence-corrected chi connectivity index (χ1v) is 39.1. The molecule has 32 heteroatoms. The summed E-state index contributed by atoms with van der Waals surface area (Å²) in [4.78, 5) is 183. The molecular formula is C77H107N15O15S2. The standard InChI is InChI=1S/C77H107N15O15S2/c1-11-54-66(99)86-58(63(79)97)42-109-41-49-18-14-17-48(35-49)40-108-34-29-60(96)88-62(75(6,7)8)71(104)85-57(37-47-23-27-52(95)28-24-47)72(105)92-33-16-20-59(92)69(102)89-61(45(5)93)70(103)84-56(38-50-39-81-64-53(50)19-15-32-80-64)67(100)90-76(9,30-12-13-31-78)73(106)82-44(4)65(98)83-55(36-46-21-25-51(94)26-22-46)68(101)91-77(10,43(2)3)74(107)87-54/h14-15,17-19,21-28,32,35,39,43-45,54-59,61-62,93-95H,11-13,16,20,29-31,33-34,36-38,40-42,78H2,1-10H3,(H2,79,97)(H,80,81)(H,82,106)(H,83,98)(H,84,103)(H,85,104)(H,86,99)(H,87,107)(H,88,96)(H,89,102)(H,90,100)(H,91,101)/t44-,45+,54?,55-,56-,57-,58-,59-,61-,62?,76-,77-/m0/s1. The third kappa shape index (κ3) is 24.4. The molecule has 7 rings (SSSR count). The lowest BCUT2D eigenvalue weighted by molar-refractivity contribution is -0.143. The Kier molecular flexibility index (Phi) is 31.4. The maximum absolute atomic E-state index is 15.2. The molecule has 0 radical (unpaired) electrons. The van der Waals surface area contributed by atoms with E-state index in [2.05, 4.69) is 63.1 Å². The van der Waals surface area contributed by atoms with Gasteiger partial charge in [0, 0.05) is 73.0 Å². The molecule has 2 aliphatic rings. The lowest BCUT2D eigenvalue weighted by atomic mass is 9.85. The highest BCUT2D eigenvalue weighted by molar-refractivity contribution is 7.98. The van der Waals surface area contributed by atoms with Crippen LogP contribution in [0.4, 0.5) is 0 Å². The van der Waals surface area contributed by atoms with E-state index in [1.54, 1.807) is 78.2 Å². The smallest absolute Gasteiger partial charge is 0.246 e. The first kappa shape index (κ1) is 86.4. The van der Waals surface area contributed by atoms with Crippen LogP contribution >= 0.6 is 23.5 Å². The number of thioether (sulfide) groups is 2. The highest BCUT2D eigenvalue weighted by Crippen LogP contribution is 2.27. The van der Waals surface area contributed by atoms with Crippen molar-refractivity contribution in [2.45, 2.75) is 217 Å². The maximum Gasteiger partial charge on any atom is 0.246 e. The summed E-state index contributed by atoms with van der Waals surface area (Å²) >= 11 is 2.80. The first-order valence-electron chi connectivity index (χ1n) is 36.8. The van der Waals surface area contributed by atoms with Crippen LogP contribution in [0.5, 0.6) is 11.5 Å². The minimum absolute atomic E-state index is 0.00947. The molecule has 2 bridgehead atoms. The molecule has 2 unspecified atom stereocenters. The number of carbonyl (C=O) groups excluding carboxylic acids is 12. The SMILES string of the molecule is CCC1NC(=O)[C@](C)(C(C)C)NC(=O)[C@H](Cc2ccc(O)cc2)NC(=O)[C@H](C)NC(=O)[C@](C)(CCCCN)NC(=O)[C@H](Cc2c[nH]c3ncccc23)NC(=O)[C@H]([C@@H](C)O)NC(=O)[C@@H]2CCCN2C(=O)[C@H](Cc2ccc(O)cc2)NC(=O)C(C(C)(C)C)NC(=O)CCSCc2cccc(c2)CSC[C@@H](C(N)=O)NC1=O. The number of hydrogen-bond acceptors (Lipinski definition) is 19. The van der Waals surface area contributed by atoms with E-state index in [1.165, 1.54) is 92.5 Å². The molecule has 2 aliphatic heterocycles. The topological polar surface area (TPSA) is 470 Å². The van der Waals surface area contributed by atoms with Crippen LogP contribution in [0.25, 0.3) is 11.0 Å². The number of primary amides is 1. The Morgan fingerprint density at radius 3 is 1.88 bits per heavy atom. The summed E-state index contributed by atoms with van der Waals surface area (Å²) in [5.41, 5.74) is 10.9. The molecule has 4 heterocycles. The van der Waals surface area contributed by atoms with Gasteiger partial charge in [-0.25, -0.2) is 4.98 Å². The number of aromatic hydroxyl groups is 2. The number of nitrogens with zero attached hydrogens (tertiary/aromatic N) is 2. The highest BCUT2D eigenvalue weighted by atomic mass is 32.2. The van der Waals surface area contributed by atoms with Crippen molar-refractivity contribution in [3.63, 3.8) is 0 Å². The van der Waals surface area contributed by atoms with Crippen LogP contribution in [-0.4, -0.2) is 197 Å². The van der Waals surface area contributed by atoms with Crippen LogP contribution in [0.2, 0.25) is 0 Å². The molecule has 109 heavy (non-hydrogen) atoms. The van der Waals surface area contributed by atoms with Gasteiger partial charge in [-0.05, 0) is 148 Å². The van der Waals surface area contributed by atoms with Crippen molar-refractivity contribution in [1.29, 1.82) is 0 Å². The van der Waals surface area contributed by atoms with Gasteiger partial charge in [0.15, 0.2) is 0 Å². The van der Waals surface area contributed by atoms with Crippen molar-refractivity contribution in [2.24, 2.45) is 22.8 Å². The molecular weight excluding hydrogens is 1440 g/mol. The van der Waals surface area contributed by atoms with E-state index in [0.717, 1.165) is 11.1 Å². The number of amides is 12. The quantitative estimate of drug-likeness (QED) is 0.0709. The third-order valence-corrected chi connectivity index (χ3v) is 21.8. The minimum atomic E-state index is -1.89. The predicted octanol–water partition coefficient (Wildman–Crippen LogP) is 2.32. The monoisotopic (exact) mass is 1550 g/mol. The number of fused-ring (bicyclic) bond motifs is 4. The lowest BCUT2D eigenvalue weighted by Gasteiger charge is -2.36. The molecule has 12 atom stereocenters. The number of nitrogens with one attached hydrogen (secondary N) is 11. The van der Waals surface area contributed by atoms with Crippen LogP contribution in [0, 0.1) is 11.3 Å². The van der Waals surface area contributed by atoms with Crippen LogP contribution in [0.15, 0.2) is 97.3 Å². The number of H-pyrrole nitrogens is 1. The van der Waals surface area contributed by atoms with Gasteiger partial charge in [0.05, 0.1) is 6.10 Å². The molecule has 3 aromatic carbocycles. The van der Waals surface area contributed by atoms with E-state index < -0.39 is 154 Å². The van der Waals surface area contributed by atoms with E-state index >= 15 is 9.59 Å². The average Bonchev–Trinajstić information content (AvgIpc) is 1.77. The van der Waals surface area contributed by atoms with E-state index in [9.17, 15) is 63.3 Å². The number of rotatable bonds is 14. The highest BCUT2D eigenvalue weighted by Gasteiger charge is 2.46. The van der Waals surface area contributed by atoms with Crippen molar-refractivity contribution in [3.8, 4) is 11.5 Å². The van der Waals surface area contributed by atoms with Gasteiger partial charge in [0.1, 0.15) is 82.6 Å². The van der Waals surface area contributed by atoms with Gasteiger partial charge < -0.3 is 89.8 Å². The van der Waals surface area contributed by atoms with Crippen molar-refractivity contribution in [2.75, 3.05) is 24.6 Å². The number of pyridine rings is 1. The molecule has 1 saturated heterocycles. The summed E-state index contributed by atoms with van der Waals surface area (Å²) in [7, 11) is 0. The fourth-order valence-electron chi connectivity index (χ4n) is 12.7. The fourth-order valence-corrected chi connectivity index (χ4v) is 14.6. The third-order valence-electron chi connectivity index (χ3n) is 19.7. The van der Waals surface area contributed by atoms with Gasteiger partial charge in [-0.1, -0.05) is 90.1 Å². The molecule has 2 aromatic heterocycles. The zero-order valence-electron chi connectivity index (χ0n) is 63.5. The number of nitrogens with two attached hydrogens (primary N) is 2. The number of hydrogen-bond donors (Lipinski definition) is 16. The van der Waals surface area contributed by atoms with Gasteiger partial charge in [0.2, 0.25) is 70.9 Å². The van der Waals surface area contributed by atoms with Crippen molar-refractivity contribution in [3.05, 3.63) is 125 Å². The molecule has 0 saturated carbocycles. The number of aromatic nitrogens is 2. The summed E-state index contributed by atoms with van der Waals surface area (Å²) < 4.78 is 0. The Balaban J connectivity index is 1.23. The number of benzene rings is 3. The second-order valence-corrected chi connectivity index (χ2v) is 31.9. The number of aliphatic hydroxyl groups excluding tert-OH is 1. The molecule has 18 N–H and O–H groups in total. The van der Waals surface area contributed by atoms with Crippen LogP contribution in [0.3, 0.4) is 0 Å². The van der Waals surface area contributed by atoms with Gasteiger partial charge in [-0.2, -0.15) is 23.5 Å². The largest absolute Gasteiger partial charge is 0.508 e. The second kappa shape index (κ2) is 39.5. The summed E-state index contributed by atoms with van der Waals surface area (Å²) in [5.74, 6) is -9.12. The van der Waals surface area contributed by atoms with Crippen LogP contribution < -0.4 is 64.6 Å². The van der Waals surface area contributed by atoms with Gasteiger partial charge >= 0.3 is 0 Å². The molecule has 5 aromatic rings. The van der Waals surface area contributed by atoms with Gasteiger partial charge in [0.25, 0.3) is 0 Å². The van der Waals surface area contributed by atoms with E-state index in [1.807, 2.05) is 24.3 Å². The van der Waals surface area contributed by atoms with E-state index in [4.69, 9.17) is 11.5 Å². The molecule has 1 fully saturated rings. The Morgan fingerprint density at radius 1 is 0.670 bits per heavy atom. The molecule has 0 spiro atoms. The predicted molar refractivity (Wildman–Crippen MR) is 414 cm³/mol. The average molecular weight is 1550 g/mol. The van der Waals surface area contributed by atoms with Gasteiger partial charge in [-0.15, -0.1) is 0 Å². The summed E-state index contributed by atoms with van der Waals surface area (Å²) in [6.07, 6.45) is 1.90. The summed E-state index contributed by atoms with van der Waals surface area (Å²) in [5, 5.41) is 59.8. The number of phenols is 2. The van der Waals surface area contributed by atoms with Crippen molar-refractivity contribution < 1.29 is 72.9 Å². The Hall–Kier alpha value is -9.79. The number of phenolic OH excluding ortho intramolecular Hbond substituents is 2. The zero-order chi connectivity index (χ0) is 80.1. The number of aromatic amines is 1. The lowest BCUT2D eigenvalue weighted by Crippen LogP contribution is -2.66. The first-order chi connectivity index (χ1) is 51.5. The molecule has 592 valence electrons. The normalized spacial score (nSPS) is 25.7. The molecule has 12 amide bonds. The van der Waals surface area contributed by atoms with Crippen molar-refractivity contribution >= 4 is 105 Å². The Bertz CT molecular complexity index is 4040. The minimum Gasteiger partial charge on any atom is -0.508 e. The maximum atomic E-state index is 15.2. The Morgan fingerprint density at radius 2 is 1.28 bits per heavy atom. The summed E-state index contributed by atoms with van der Waals surface area (Å²) in [6, 6.07) is 10.4. The van der Waals surface area contributed by atoms with E-state index in [-0.39, 0.29) is 81.7 Å². The number of aliphatic hydroxyl groups is 1. The molecule has 0 aliphatic carbocycles. The van der Waals surface area contributed by atoms with Crippen LogP contribution in [0.1, 0.15) is 142 Å². The number of carbonyl (C=O) groups is 12. The van der Waals surface area contributed by atoms with Crippen LogP contribution in [-0.2, 0) is 88.3 Å². The van der Waals surface area contributed by atoms with Gasteiger partial charge in [-0.3, -0.25) is 57.5 Å². The number of unbranched alkanes of at least 4 members (excludes halogenated alkanes) is 1. The van der Waals surface area contributed by atoms with Crippen molar-refractivity contribution in [1.82, 2.24) is 68.0 Å². The second-order valence-electron chi connectivity index (χ2n) is 29.8. The van der Waals surface area contributed by atoms with E-state index in [0.29, 0.717) is 57.8 Å². The fraction of sp³-hybridized carbons (Fsp3) is 0.519. The summed E-state index contributed by atoms with van der Waals surface area (Å²) in [6.45, 7) is 15.9. The molecule has 30 nitrogen and oxygen atoms in total. The zero-order valence-corrected chi connectivity index (χ0v) is 65.1.